The molecule has 0 unspecified atom stereocenters. The molecule has 7 nitrogen and oxygen atoms in total. The van der Waals surface area contributed by atoms with Crippen LogP contribution in [0.2, 0.25) is 0 Å². The minimum absolute atomic E-state index is 0.137. The Morgan fingerprint density at radius 1 is 0.762 bits per heavy atom. The molecule has 0 atom stereocenters. The molecule has 0 fully saturated rings. The average molecular weight is 305 g/mol. The summed E-state index contributed by atoms with van der Waals surface area (Å²) in [7, 11) is 0. The first kappa shape index (κ1) is 20.1. The van der Waals surface area contributed by atoms with Crippen molar-refractivity contribution >= 4 is 5.91 Å². The largest absolute Gasteiger partial charge is 0.379 e. The lowest BCUT2D eigenvalue weighted by Crippen LogP contribution is -2.12. The number of carbonyl (C=O) groups is 1. The monoisotopic (exact) mass is 305 g/mol. The number of rotatable bonds is 16. The van der Waals surface area contributed by atoms with Crippen LogP contribution in [0.15, 0.2) is 5.18 Å². The van der Waals surface area contributed by atoms with E-state index in [0.717, 1.165) is 19.4 Å². The second kappa shape index (κ2) is 17.2. The number of hydrogen-bond acceptors (Lipinski definition) is 6. The van der Waals surface area contributed by atoms with Gasteiger partial charge in [-0.05, 0) is 12.8 Å². The summed E-state index contributed by atoms with van der Waals surface area (Å²) >= 11 is 0. The lowest BCUT2D eigenvalue weighted by atomic mass is 10.3. The zero-order valence-corrected chi connectivity index (χ0v) is 12.9. The van der Waals surface area contributed by atoms with Gasteiger partial charge in [0, 0.05) is 24.8 Å². The summed E-state index contributed by atoms with van der Waals surface area (Å²) in [6, 6.07) is 0. The van der Waals surface area contributed by atoms with Gasteiger partial charge in [-0.25, -0.2) is 0 Å². The van der Waals surface area contributed by atoms with Gasteiger partial charge in [-0.3, -0.25) is 4.79 Å². The van der Waals surface area contributed by atoms with Crippen molar-refractivity contribution in [1.29, 1.82) is 0 Å². The molecule has 0 saturated heterocycles. The molecule has 0 saturated carbocycles. The van der Waals surface area contributed by atoms with E-state index < -0.39 is 5.91 Å². The number of amides is 1. The van der Waals surface area contributed by atoms with Crippen LogP contribution in [0.1, 0.15) is 32.6 Å². The quantitative estimate of drug-likeness (QED) is 0.320. The fourth-order valence-electron chi connectivity index (χ4n) is 1.38. The van der Waals surface area contributed by atoms with Gasteiger partial charge in [-0.2, -0.15) is 0 Å². The fraction of sp³-hybridized carbons (Fsp3) is 0.929. The molecule has 124 valence electrons. The van der Waals surface area contributed by atoms with Crippen LogP contribution in [0, 0.1) is 4.91 Å². The van der Waals surface area contributed by atoms with Crippen LogP contribution in [0.3, 0.4) is 0 Å². The average Bonchev–Trinajstić information content (AvgIpc) is 2.50. The van der Waals surface area contributed by atoms with Crippen LogP contribution in [0.4, 0.5) is 0 Å². The Morgan fingerprint density at radius 2 is 1.19 bits per heavy atom. The van der Waals surface area contributed by atoms with Crippen molar-refractivity contribution in [3.63, 3.8) is 0 Å². The molecule has 0 radical (unpaired) electrons. The van der Waals surface area contributed by atoms with E-state index in [1.807, 2.05) is 0 Å². The maximum Gasteiger partial charge on any atom is 0.286 e. The van der Waals surface area contributed by atoms with E-state index >= 15 is 0 Å². The van der Waals surface area contributed by atoms with Gasteiger partial charge in [0.1, 0.15) is 0 Å². The van der Waals surface area contributed by atoms with Crippen LogP contribution >= 0.6 is 0 Å². The smallest absolute Gasteiger partial charge is 0.286 e. The molecule has 0 heterocycles. The van der Waals surface area contributed by atoms with Gasteiger partial charge in [0.25, 0.3) is 5.91 Å². The van der Waals surface area contributed by atoms with E-state index in [9.17, 15) is 9.70 Å². The molecule has 21 heavy (non-hydrogen) atoms. The molecule has 0 aromatic carbocycles. The first-order chi connectivity index (χ1) is 10.3. The van der Waals surface area contributed by atoms with Gasteiger partial charge >= 0.3 is 0 Å². The number of hydrogen-bond donors (Lipinski definition) is 0. The summed E-state index contributed by atoms with van der Waals surface area (Å²) in [6.07, 6.45) is 2.87. The molecule has 7 heteroatoms. The summed E-state index contributed by atoms with van der Waals surface area (Å²) in [5.41, 5.74) is 0. The van der Waals surface area contributed by atoms with Crippen molar-refractivity contribution in [2.75, 3.05) is 52.9 Å². The molecular weight excluding hydrogens is 278 g/mol. The number of nitroso groups, excluding NO2 is 1. The maximum absolute atomic E-state index is 10.6. The molecule has 0 rings (SSSR count). The summed E-state index contributed by atoms with van der Waals surface area (Å²) in [5.74, 6) is -0.634. The number of unbranched alkanes of at least 4 members (excludes halogenated alkanes) is 1. The zero-order chi connectivity index (χ0) is 15.6. The van der Waals surface area contributed by atoms with Gasteiger partial charge in [-0.15, -0.1) is 4.91 Å². The molecule has 0 spiro atoms. The first-order valence-electron chi connectivity index (χ1n) is 7.48. The van der Waals surface area contributed by atoms with Gasteiger partial charge in [-0.1, -0.05) is 13.3 Å². The lowest BCUT2D eigenvalue weighted by molar-refractivity contribution is -0.118. The van der Waals surface area contributed by atoms with Crippen molar-refractivity contribution in [1.82, 2.24) is 0 Å². The number of ether oxygens (including phenoxy) is 4. The normalized spacial score (nSPS) is 10.7. The van der Waals surface area contributed by atoms with Crippen LogP contribution in [-0.2, 0) is 23.7 Å². The third-order valence-corrected chi connectivity index (χ3v) is 2.54. The van der Waals surface area contributed by atoms with Crippen molar-refractivity contribution in [2.24, 2.45) is 5.18 Å². The highest BCUT2D eigenvalue weighted by molar-refractivity contribution is 5.76. The van der Waals surface area contributed by atoms with E-state index in [1.54, 1.807) is 0 Å². The Kier molecular flexibility index (Phi) is 16.4. The third kappa shape index (κ3) is 17.1. The first-order valence-corrected chi connectivity index (χ1v) is 7.48. The molecule has 0 aliphatic heterocycles. The molecule has 0 N–H and O–H groups in total. The summed E-state index contributed by atoms with van der Waals surface area (Å²) in [5, 5.41) is 2.30. The molecule has 0 aromatic rings. The molecule has 0 aliphatic rings. The third-order valence-electron chi connectivity index (χ3n) is 2.54. The second-order valence-corrected chi connectivity index (χ2v) is 4.39. The van der Waals surface area contributed by atoms with E-state index in [4.69, 9.17) is 18.9 Å². The van der Waals surface area contributed by atoms with Gasteiger partial charge in [0.05, 0.1) is 39.6 Å². The van der Waals surface area contributed by atoms with Gasteiger partial charge < -0.3 is 18.9 Å². The highest BCUT2D eigenvalue weighted by Crippen LogP contribution is 1.93. The van der Waals surface area contributed by atoms with Crippen LogP contribution < -0.4 is 0 Å². The van der Waals surface area contributed by atoms with E-state index in [-0.39, 0.29) is 6.42 Å². The minimum Gasteiger partial charge on any atom is -0.379 e. The van der Waals surface area contributed by atoms with E-state index in [2.05, 4.69) is 12.1 Å². The maximum atomic E-state index is 10.6. The predicted octanol–water partition coefficient (Wildman–Crippen LogP) is 1.93. The summed E-state index contributed by atoms with van der Waals surface area (Å²) < 4.78 is 21.2. The standard InChI is InChI=1S/C14H27NO6/c1-2-3-6-18-8-10-20-12-13-21-11-9-19-7-4-5-14(16)15-17/h2-13H2,1H3. The Hall–Kier alpha value is -0.890. The fourth-order valence-corrected chi connectivity index (χ4v) is 1.38. The highest BCUT2D eigenvalue weighted by Gasteiger charge is 1.99. The Bertz CT molecular complexity index is 250. The van der Waals surface area contributed by atoms with Crippen molar-refractivity contribution in [2.45, 2.75) is 32.6 Å². The molecule has 0 aliphatic carbocycles. The van der Waals surface area contributed by atoms with Crippen LogP contribution in [-0.4, -0.2) is 58.8 Å². The van der Waals surface area contributed by atoms with Gasteiger partial charge in [0.15, 0.2) is 0 Å². The van der Waals surface area contributed by atoms with Crippen LogP contribution in [0.5, 0.6) is 0 Å². The van der Waals surface area contributed by atoms with E-state index in [0.29, 0.717) is 52.7 Å². The molecule has 1 amide bonds. The molecular formula is C14H27NO6. The Labute approximate surface area is 126 Å². The van der Waals surface area contributed by atoms with Crippen LogP contribution in [0.25, 0.3) is 0 Å². The number of nitrogens with zero attached hydrogens (tertiary/aromatic N) is 1. The number of carbonyl (C=O) groups excluding carboxylic acids is 1. The lowest BCUT2D eigenvalue weighted by Gasteiger charge is -2.07. The molecule has 0 aromatic heterocycles. The highest BCUT2D eigenvalue weighted by atomic mass is 16.6. The topological polar surface area (TPSA) is 83.4 Å². The SMILES string of the molecule is CCCCOCCOCCOCCOCCCC(=O)N=O. The van der Waals surface area contributed by atoms with Crippen molar-refractivity contribution < 1.29 is 23.7 Å². The Morgan fingerprint density at radius 3 is 1.62 bits per heavy atom. The van der Waals surface area contributed by atoms with Gasteiger partial charge in [0.2, 0.25) is 0 Å². The van der Waals surface area contributed by atoms with E-state index in [1.165, 1.54) is 0 Å². The van der Waals surface area contributed by atoms with Crippen molar-refractivity contribution in [3.8, 4) is 0 Å². The predicted molar refractivity (Wildman–Crippen MR) is 78.2 cm³/mol. The zero-order valence-electron chi connectivity index (χ0n) is 12.9. The minimum atomic E-state index is -0.634. The Balaban J connectivity index is 2.99. The molecule has 0 bridgehead atoms. The van der Waals surface area contributed by atoms with Crippen molar-refractivity contribution in [3.05, 3.63) is 4.91 Å². The summed E-state index contributed by atoms with van der Waals surface area (Å²) in [6.45, 7) is 6.56. The second-order valence-electron chi connectivity index (χ2n) is 4.39. The summed E-state index contributed by atoms with van der Waals surface area (Å²) in [4.78, 5) is 20.4.